The zero-order valence-corrected chi connectivity index (χ0v) is 11.9. The number of nitrogens with two attached hydrogens (primary N) is 1. The molecule has 1 aliphatic carbocycles. The molecule has 3 nitrogen and oxygen atoms in total. The van der Waals surface area contributed by atoms with Gasteiger partial charge in [0.2, 0.25) is 0 Å². The van der Waals surface area contributed by atoms with E-state index in [0.29, 0.717) is 17.6 Å². The van der Waals surface area contributed by atoms with Crippen molar-refractivity contribution < 1.29 is 9.84 Å². The molecule has 3 heteroatoms. The predicted octanol–water partition coefficient (Wildman–Crippen LogP) is 3.31. The second-order valence-electron chi connectivity index (χ2n) is 5.91. The molecule has 0 saturated heterocycles. The third-order valence-electron chi connectivity index (χ3n) is 4.08. The van der Waals surface area contributed by atoms with Crippen LogP contribution in [0.4, 0.5) is 0 Å². The molecule has 1 aromatic carbocycles. The van der Waals surface area contributed by atoms with Crippen LogP contribution in [0.25, 0.3) is 0 Å². The molecule has 2 rings (SSSR count). The van der Waals surface area contributed by atoms with Crippen molar-refractivity contribution in [1.29, 1.82) is 0 Å². The number of phenolic OH excluding ortho intramolecular Hbond substituents is 1. The van der Waals surface area contributed by atoms with Gasteiger partial charge in [-0.15, -0.1) is 0 Å². The maximum absolute atomic E-state index is 9.85. The maximum atomic E-state index is 9.85. The highest BCUT2D eigenvalue weighted by Gasteiger charge is 2.33. The molecule has 1 saturated carbocycles. The summed E-state index contributed by atoms with van der Waals surface area (Å²) in [6, 6.07) is 7.38. The van der Waals surface area contributed by atoms with Crippen LogP contribution in [0.2, 0.25) is 0 Å². The number of ether oxygens (including phenoxy) is 1. The Kier molecular flexibility index (Phi) is 4.70. The van der Waals surface area contributed by atoms with Crippen LogP contribution in [0.15, 0.2) is 24.3 Å². The topological polar surface area (TPSA) is 55.5 Å². The van der Waals surface area contributed by atoms with Gasteiger partial charge in [0.1, 0.15) is 6.10 Å². The lowest BCUT2D eigenvalue weighted by molar-refractivity contribution is 0.0551. The molecule has 0 radical (unpaired) electrons. The van der Waals surface area contributed by atoms with Gasteiger partial charge in [0.15, 0.2) is 11.5 Å². The molecule has 0 amide bonds. The summed E-state index contributed by atoms with van der Waals surface area (Å²) in [6.07, 6.45) is 4.73. The highest BCUT2D eigenvalue weighted by atomic mass is 16.5. The Morgan fingerprint density at radius 2 is 1.89 bits per heavy atom. The van der Waals surface area contributed by atoms with Gasteiger partial charge in [-0.3, -0.25) is 0 Å². The summed E-state index contributed by atoms with van der Waals surface area (Å²) in [5.41, 5.74) is 6.27. The maximum Gasteiger partial charge on any atom is 0.161 e. The summed E-state index contributed by atoms with van der Waals surface area (Å²) < 4.78 is 6.09. The van der Waals surface area contributed by atoms with Gasteiger partial charge in [-0.25, -0.2) is 0 Å². The number of para-hydroxylation sites is 2. The Morgan fingerprint density at radius 1 is 1.21 bits per heavy atom. The number of rotatable bonds is 4. The minimum atomic E-state index is 0.0728. The van der Waals surface area contributed by atoms with Crippen molar-refractivity contribution in [1.82, 2.24) is 0 Å². The molecule has 3 N–H and O–H groups in total. The first kappa shape index (κ1) is 14.2. The minimum Gasteiger partial charge on any atom is -0.504 e. The van der Waals surface area contributed by atoms with Gasteiger partial charge in [0.05, 0.1) is 0 Å². The minimum absolute atomic E-state index is 0.0728. The van der Waals surface area contributed by atoms with Crippen LogP contribution in [0, 0.1) is 11.8 Å². The van der Waals surface area contributed by atoms with Crippen LogP contribution in [0.5, 0.6) is 11.5 Å². The predicted molar refractivity (Wildman–Crippen MR) is 77.3 cm³/mol. The Labute approximate surface area is 115 Å². The molecule has 0 heterocycles. The summed E-state index contributed by atoms with van der Waals surface area (Å²) in [5.74, 6) is 1.54. The fraction of sp³-hybridized carbons (Fsp3) is 0.625. The van der Waals surface area contributed by atoms with Crippen molar-refractivity contribution in [3.05, 3.63) is 24.3 Å². The lowest BCUT2D eigenvalue weighted by atomic mass is 9.78. The molecular formula is C16H25NO2. The van der Waals surface area contributed by atoms with Crippen molar-refractivity contribution in [3.8, 4) is 11.5 Å². The highest BCUT2D eigenvalue weighted by Crippen LogP contribution is 2.34. The second kappa shape index (κ2) is 6.29. The van der Waals surface area contributed by atoms with Gasteiger partial charge in [0, 0.05) is 12.0 Å². The van der Waals surface area contributed by atoms with E-state index in [0.717, 1.165) is 12.8 Å². The second-order valence-corrected chi connectivity index (χ2v) is 5.91. The summed E-state index contributed by atoms with van der Waals surface area (Å²) >= 11 is 0. The highest BCUT2D eigenvalue weighted by molar-refractivity contribution is 5.38. The first-order valence-corrected chi connectivity index (χ1v) is 7.30. The van der Waals surface area contributed by atoms with Crippen molar-refractivity contribution in [2.45, 2.75) is 51.7 Å². The fourth-order valence-electron chi connectivity index (χ4n) is 3.02. The average molecular weight is 263 g/mol. The number of aromatic hydroxyl groups is 1. The first-order chi connectivity index (χ1) is 9.09. The fourth-order valence-corrected chi connectivity index (χ4v) is 3.02. The average Bonchev–Trinajstić information content (AvgIpc) is 2.38. The van der Waals surface area contributed by atoms with Crippen molar-refractivity contribution in [3.63, 3.8) is 0 Å². The molecule has 1 aliphatic rings. The van der Waals surface area contributed by atoms with Crippen molar-refractivity contribution >= 4 is 0 Å². The smallest absolute Gasteiger partial charge is 0.161 e. The van der Waals surface area contributed by atoms with E-state index in [2.05, 4.69) is 13.8 Å². The standard InChI is InChI=1S/C16H25NO2/c1-11(2)16(12-7-3-4-8-13(12)17)19-15-10-6-5-9-14(15)18/h5-6,9-13,16,18H,3-4,7-8,17H2,1-2H3. The number of benzene rings is 1. The van der Waals surface area contributed by atoms with Crippen LogP contribution in [-0.2, 0) is 0 Å². The molecule has 106 valence electrons. The Balaban J connectivity index is 2.14. The number of hydrogen-bond acceptors (Lipinski definition) is 3. The molecular weight excluding hydrogens is 238 g/mol. The van der Waals surface area contributed by atoms with E-state index in [4.69, 9.17) is 10.5 Å². The van der Waals surface area contributed by atoms with E-state index in [9.17, 15) is 5.11 Å². The Morgan fingerprint density at radius 3 is 2.53 bits per heavy atom. The van der Waals surface area contributed by atoms with Gasteiger partial charge in [-0.1, -0.05) is 38.8 Å². The van der Waals surface area contributed by atoms with Gasteiger partial charge in [-0.2, -0.15) is 0 Å². The van der Waals surface area contributed by atoms with E-state index < -0.39 is 0 Å². The Bertz CT molecular complexity index is 405. The van der Waals surface area contributed by atoms with Crippen LogP contribution in [0.3, 0.4) is 0 Å². The van der Waals surface area contributed by atoms with E-state index in [1.807, 2.05) is 12.1 Å². The molecule has 1 fully saturated rings. The van der Waals surface area contributed by atoms with E-state index in [1.54, 1.807) is 12.1 Å². The number of phenols is 1. The van der Waals surface area contributed by atoms with Crippen LogP contribution in [0.1, 0.15) is 39.5 Å². The third kappa shape index (κ3) is 3.41. The molecule has 3 atom stereocenters. The lowest BCUT2D eigenvalue weighted by Gasteiger charge is -2.37. The normalized spacial score (nSPS) is 25.3. The van der Waals surface area contributed by atoms with Gasteiger partial charge < -0.3 is 15.6 Å². The van der Waals surface area contributed by atoms with Crippen molar-refractivity contribution in [2.24, 2.45) is 17.6 Å². The lowest BCUT2D eigenvalue weighted by Crippen LogP contribution is -2.45. The van der Waals surface area contributed by atoms with E-state index >= 15 is 0 Å². The van der Waals surface area contributed by atoms with E-state index in [-0.39, 0.29) is 17.9 Å². The van der Waals surface area contributed by atoms with Gasteiger partial charge >= 0.3 is 0 Å². The summed E-state index contributed by atoms with van der Waals surface area (Å²) in [5, 5.41) is 9.85. The molecule has 0 spiro atoms. The quantitative estimate of drug-likeness (QED) is 0.876. The summed E-state index contributed by atoms with van der Waals surface area (Å²) in [7, 11) is 0. The van der Waals surface area contributed by atoms with Crippen molar-refractivity contribution in [2.75, 3.05) is 0 Å². The van der Waals surface area contributed by atoms with Gasteiger partial charge in [0.25, 0.3) is 0 Å². The SMILES string of the molecule is CC(C)C(Oc1ccccc1O)C1CCCCC1N. The summed E-state index contributed by atoms with van der Waals surface area (Å²) in [6.45, 7) is 4.32. The van der Waals surface area contributed by atoms with Crippen LogP contribution < -0.4 is 10.5 Å². The van der Waals surface area contributed by atoms with Crippen LogP contribution in [-0.4, -0.2) is 17.3 Å². The molecule has 19 heavy (non-hydrogen) atoms. The zero-order valence-electron chi connectivity index (χ0n) is 11.9. The molecule has 3 unspecified atom stereocenters. The van der Waals surface area contributed by atoms with Crippen LogP contribution >= 0.6 is 0 Å². The molecule has 1 aromatic rings. The molecule has 0 bridgehead atoms. The Hall–Kier alpha value is -1.22. The zero-order chi connectivity index (χ0) is 13.8. The monoisotopic (exact) mass is 263 g/mol. The van der Waals surface area contributed by atoms with E-state index in [1.165, 1.54) is 12.8 Å². The first-order valence-electron chi connectivity index (χ1n) is 7.30. The molecule has 0 aromatic heterocycles. The number of hydrogen-bond donors (Lipinski definition) is 2. The summed E-state index contributed by atoms with van der Waals surface area (Å²) in [4.78, 5) is 0. The largest absolute Gasteiger partial charge is 0.504 e. The van der Waals surface area contributed by atoms with Gasteiger partial charge in [-0.05, 0) is 30.9 Å². The molecule has 0 aliphatic heterocycles. The third-order valence-corrected chi connectivity index (χ3v) is 4.08.